The number of aliphatic hydroxyl groups excluding tert-OH is 2. The molecule has 0 amide bonds. The van der Waals surface area contributed by atoms with Crippen LogP contribution in [-0.4, -0.2) is 47.6 Å². The van der Waals surface area contributed by atoms with Crippen LogP contribution in [0.3, 0.4) is 0 Å². The fourth-order valence-corrected chi connectivity index (χ4v) is 5.40. The molecule has 6 nitrogen and oxygen atoms in total. The second-order valence-corrected chi connectivity index (χ2v) is 13.2. The van der Waals surface area contributed by atoms with Gasteiger partial charge < -0.3 is 19.7 Å². The molecule has 0 aromatic rings. The normalized spacial score (nSPS) is 13.0. The maximum atomic E-state index is 12.0. The van der Waals surface area contributed by atoms with Gasteiger partial charge in [0.2, 0.25) is 0 Å². The van der Waals surface area contributed by atoms with Crippen LogP contribution in [-0.2, 0) is 19.1 Å². The monoisotopic (exact) mass is 651 g/mol. The van der Waals surface area contributed by atoms with E-state index < -0.39 is 12.2 Å². The Labute approximate surface area is 284 Å². The van der Waals surface area contributed by atoms with Crippen LogP contribution in [0.2, 0.25) is 0 Å². The van der Waals surface area contributed by atoms with Gasteiger partial charge in [0.1, 0.15) is 25.4 Å². The minimum absolute atomic E-state index is 0.295. The number of rotatable bonds is 35. The Morgan fingerprint density at radius 1 is 0.435 bits per heavy atom. The van der Waals surface area contributed by atoms with Crippen LogP contribution in [0.25, 0.3) is 0 Å². The van der Waals surface area contributed by atoms with Gasteiger partial charge in [0.15, 0.2) is 0 Å². The lowest BCUT2D eigenvalue weighted by Crippen LogP contribution is -2.35. The summed E-state index contributed by atoms with van der Waals surface area (Å²) in [7, 11) is 0. The summed E-state index contributed by atoms with van der Waals surface area (Å²) in [6.45, 7) is 3.91. The van der Waals surface area contributed by atoms with Crippen molar-refractivity contribution in [2.45, 2.75) is 206 Å². The third-order valence-electron chi connectivity index (χ3n) is 8.56. The van der Waals surface area contributed by atoms with E-state index in [1.54, 1.807) is 0 Å². The minimum atomic E-state index is -1.27. The fourth-order valence-electron chi connectivity index (χ4n) is 5.40. The molecule has 0 fully saturated rings. The molecule has 0 aromatic carbocycles. The molecule has 270 valence electrons. The second-order valence-electron chi connectivity index (χ2n) is 13.2. The second kappa shape index (κ2) is 36.2. The first-order valence-electron chi connectivity index (χ1n) is 19.5. The zero-order chi connectivity index (χ0) is 33.8. The van der Waals surface area contributed by atoms with Crippen LogP contribution in [0, 0.1) is 0 Å². The van der Waals surface area contributed by atoms with E-state index in [1.807, 2.05) is 0 Å². The molecule has 0 saturated carbocycles. The molecule has 0 aliphatic heterocycles. The van der Waals surface area contributed by atoms with Crippen LogP contribution in [0.4, 0.5) is 0 Å². The van der Waals surface area contributed by atoms with E-state index in [0.717, 1.165) is 64.2 Å². The van der Waals surface area contributed by atoms with E-state index in [2.05, 4.69) is 38.2 Å². The number of allylic oxidation sites excluding steroid dienone is 4. The molecule has 46 heavy (non-hydrogen) atoms. The topological polar surface area (TPSA) is 93.1 Å². The molecular formula is C40H74O6. The van der Waals surface area contributed by atoms with Gasteiger partial charge in [-0.2, -0.15) is 0 Å². The summed E-state index contributed by atoms with van der Waals surface area (Å²) >= 11 is 0. The van der Waals surface area contributed by atoms with Crippen molar-refractivity contribution in [1.29, 1.82) is 0 Å². The van der Waals surface area contributed by atoms with E-state index >= 15 is 0 Å². The summed E-state index contributed by atoms with van der Waals surface area (Å²) in [6, 6.07) is 0. The number of hydrogen-bond acceptors (Lipinski definition) is 6. The van der Waals surface area contributed by atoms with Crippen molar-refractivity contribution >= 4 is 11.9 Å². The van der Waals surface area contributed by atoms with E-state index in [-0.39, 0.29) is 25.2 Å². The van der Waals surface area contributed by atoms with Crippen LogP contribution < -0.4 is 0 Å². The smallest absolute Gasteiger partial charge is 0.305 e. The number of ether oxygens (including phenoxy) is 2. The van der Waals surface area contributed by atoms with Crippen LogP contribution in [0.5, 0.6) is 0 Å². The van der Waals surface area contributed by atoms with E-state index in [4.69, 9.17) is 9.47 Å². The third kappa shape index (κ3) is 33.7. The molecule has 2 N–H and O–H groups in total. The molecule has 2 atom stereocenters. The average molecular weight is 651 g/mol. The summed E-state index contributed by atoms with van der Waals surface area (Å²) in [5, 5.41) is 20.1. The quantitative estimate of drug-likeness (QED) is 0.0403. The summed E-state index contributed by atoms with van der Waals surface area (Å²) < 4.78 is 10.2. The van der Waals surface area contributed by atoms with Crippen molar-refractivity contribution in [1.82, 2.24) is 0 Å². The lowest BCUT2D eigenvalue weighted by atomic mass is 10.1. The van der Waals surface area contributed by atoms with Gasteiger partial charge in [-0.05, 0) is 64.2 Å². The van der Waals surface area contributed by atoms with Gasteiger partial charge in [-0.3, -0.25) is 9.59 Å². The lowest BCUT2D eigenvalue weighted by molar-refractivity contribution is -0.156. The van der Waals surface area contributed by atoms with Gasteiger partial charge in [-0.15, -0.1) is 0 Å². The van der Waals surface area contributed by atoms with Gasteiger partial charge >= 0.3 is 11.9 Å². The highest BCUT2D eigenvalue weighted by atomic mass is 16.6. The first kappa shape index (κ1) is 44.3. The van der Waals surface area contributed by atoms with Gasteiger partial charge in [-0.1, -0.05) is 141 Å². The van der Waals surface area contributed by atoms with Crippen LogP contribution in [0.1, 0.15) is 194 Å². The zero-order valence-corrected chi connectivity index (χ0v) is 30.2. The molecule has 0 heterocycles. The summed E-state index contributed by atoms with van der Waals surface area (Å²) in [6.07, 6.45) is 38.5. The van der Waals surface area contributed by atoms with E-state index in [0.29, 0.717) is 12.8 Å². The Bertz CT molecular complexity index is 659. The molecule has 0 unspecified atom stereocenters. The third-order valence-corrected chi connectivity index (χ3v) is 8.56. The molecular weight excluding hydrogens is 576 g/mol. The van der Waals surface area contributed by atoms with E-state index in [1.165, 1.54) is 103 Å². The van der Waals surface area contributed by atoms with Crippen molar-refractivity contribution < 1.29 is 29.3 Å². The fraction of sp³-hybridized carbons (Fsp3) is 0.850. The molecule has 0 saturated heterocycles. The van der Waals surface area contributed by atoms with Gasteiger partial charge in [0, 0.05) is 12.8 Å². The Morgan fingerprint density at radius 2 is 0.696 bits per heavy atom. The number of unbranched alkanes of at least 4 members (excludes halogenated alkanes) is 22. The van der Waals surface area contributed by atoms with Crippen molar-refractivity contribution in [3.8, 4) is 0 Å². The average Bonchev–Trinajstić information content (AvgIpc) is 3.05. The first-order valence-corrected chi connectivity index (χ1v) is 19.5. The predicted octanol–water partition coefficient (Wildman–Crippen LogP) is 10.9. The van der Waals surface area contributed by atoms with Gasteiger partial charge in [0.05, 0.1) is 0 Å². The Balaban J connectivity index is 3.56. The highest BCUT2D eigenvalue weighted by Gasteiger charge is 2.20. The first-order chi connectivity index (χ1) is 22.5. The number of esters is 2. The Hall–Kier alpha value is -1.66. The Kier molecular flexibility index (Phi) is 34.9. The summed E-state index contributed by atoms with van der Waals surface area (Å²) in [5.74, 6) is -0.741. The minimum Gasteiger partial charge on any atom is -0.463 e. The van der Waals surface area contributed by atoms with Gasteiger partial charge in [-0.25, -0.2) is 0 Å². The summed E-state index contributed by atoms with van der Waals surface area (Å²) in [5.41, 5.74) is 0. The van der Waals surface area contributed by atoms with E-state index in [9.17, 15) is 19.8 Å². The maximum absolute atomic E-state index is 12.0. The zero-order valence-electron chi connectivity index (χ0n) is 30.2. The standard InChI is InChI=1S/C40H74O6/c1-3-5-7-9-11-13-15-17-19-21-23-25-27-29-31-33-39(43)45-35-37(41)38(42)36-46-40(44)34-32-30-28-26-24-22-20-18-16-14-12-10-8-6-4-2/h17-20,37-38,41-42H,3-16,21-36H2,1-2H3/b19-17-,20-18-/t37-,38+. The molecule has 0 aromatic heterocycles. The molecule has 0 aliphatic rings. The predicted molar refractivity (Wildman–Crippen MR) is 193 cm³/mol. The van der Waals surface area contributed by atoms with Crippen molar-refractivity contribution in [2.75, 3.05) is 13.2 Å². The SMILES string of the molecule is CCCCCCCC/C=C\CCCCCCCC(=O)OC[C@@H](O)[C@@H](O)COC(=O)CCCCCCC/C=C\CCCCCCCC. The van der Waals surface area contributed by atoms with Crippen LogP contribution >= 0.6 is 0 Å². The molecule has 0 bridgehead atoms. The number of carbonyl (C=O) groups is 2. The maximum Gasteiger partial charge on any atom is 0.305 e. The molecule has 0 rings (SSSR count). The molecule has 0 aliphatic carbocycles. The van der Waals surface area contributed by atoms with Crippen molar-refractivity contribution in [2.24, 2.45) is 0 Å². The van der Waals surface area contributed by atoms with Crippen molar-refractivity contribution in [3.05, 3.63) is 24.3 Å². The highest BCUT2D eigenvalue weighted by Crippen LogP contribution is 2.12. The van der Waals surface area contributed by atoms with Crippen molar-refractivity contribution in [3.63, 3.8) is 0 Å². The van der Waals surface area contributed by atoms with Gasteiger partial charge in [0.25, 0.3) is 0 Å². The molecule has 6 heteroatoms. The number of aliphatic hydroxyl groups is 2. The largest absolute Gasteiger partial charge is 0.463 e. The lowest BCUT2D eigenvalue weighted by Gasteiger charge is -2.17. The highest BCUT2D eigenvalue weighted by molar-refractivity contribution is 5.69. The number of hydrogen-bond donors (Lipinski definition) is 2. The summed E-state index contributed by atoms with van der Waals surface area (Å²) in [4.78, 5) is 24.0. The Morgan fingerprint density at radius 3 is 1.00 bits per heavy atom. The molecule has 0 spiro atoms. The molecule has 0 radical (unpaired) electrons. The number of carbonyl (C=O) groups excluding carboxylic acids is 2. The van der Waals surface area contributed by atoms with Crippen LogP contribution in [0.15, 0.2) is 24.3 Å².